The predicted octanol–water partition coefficient (Wildman–Crippen LogP) is 2.30. The fourth-order valence-electron chi connectivity index (χ4n) is 5.47. The number of aliphatic imine (C=N–C) groups is 1. The van der Waals surface area contributed by atoms with Crippen LogP contribution in [0.25, 0.3) is 0 Å². The fourth-order valence-corrected chi connectivity index (χ4v) is 5.47. The molecule has 0 radical (unpaired) electrons. The van der Waals surface area contributed by atoms with Gasteiger partial charge in [0.25, 0.3) is 0 Å². The summed E-state index contributed by atoms with van der Waals surface area (Å²) in [6.07, 6.45) is 0. The molecule has 0 aromatic heterocycles. The molecule has 2 aromatic carbocycles. The number of rotatable bonds is 5. The molecular formula is C27H34N6O3. The fraction of sp³-hybridized carbons (Fsp3) is 0.407. The van der Waals surface area contributed by atoms with E-state index in [1.165, 1.54) is 0 Å². The van der Waals surface area contributed by atoms with Crippen molar-refractivity contribution in [3.05, 3.63) is 66.2 Å². The number of fused-ring (bicyclic) bond motifs is 1. The Hall–Kier alpha value is -3.88. The predicted molar refractivity (Wildman–Crippen MR) is 139 cm³/mol. The highest BCUT2D eigenvalue weighted by atomic mass is 16.2. The summed E-state index contributed by atoms with van der Waals surface area (Å²) >= 11 is 0. The molecule has 4 rings (SSSR count). The maximum atomic E-state index is 13.4. The average Bonchev–Trinajstić information content (AvgIpc) is 3.19. The first-order valence-corrected chi connectivity index (χ1v) is 12.1. The van der Waals surface area contributed by atoms with E-state index >= 15 is 0 Å². The normalized spacial score (nSPS) is 22.3. The second-order valence-electron chi connectivity index (χ2n) is 10.4. The molecule has 190 valence electrons. The van der Waals surface area contributed by atoms with Gasteiger partial charge in [-0.3, -0.25) is 9.59 Å². The lowest BCUT2D eigenvalue weighted by atomic mass is 9.64. The molecule has 4 N–H and O–H groups in total. The Kier molecular flexibility index (Phi) is 6.75. The van der Waals surface area contributed by atoms with E-state index in [1.54, 1.807) is 11.9 Å². The summed E-state index contributed by atoms with van der Waals surface area (Å²) in [6, 6.07) is 17.9. The molecule has 0 saturated carbocycles. The molecule has 2 aliphatic heterocycles. The number of amides is 4. The van der Waals surface area contributed by atoms with Crippen molar-refractivity contribution >= 4 is 29.4 Å². The van der Waals surface area contributed by atoms with Crippen molar-refractivity contribution in [3.8, 4) is 0 Å². The van der Waals surface area contributed by atoms with Gasteiger partial charge in [0, 0.05) is 37.9 Å². The molecule has 3 unspecified atom stereocenters. The summed E-state index contributed by atoms with van der Waals surface area (Å²) in [6.45, 7) is 6.77. The molecule has 9 nitrogen and oxygen atoms in total. The number of benzene rings is 2. The molecule has 3 atom stereocenters. The highest BCUT2D eigenvalue weighted by Gasteiger charge is 2.63. The van der Waals surface area contributed by atoms with E-state index < -0.39 is 28.8 Å². The zero-order valence-electron chi connectivity index (χ0n) is 21.2. The quantitative estimate of drug-likeness (QED) is 0.596. The zero-order valence-corrected chi connectivity index (χ0v) is 21.2. The molecule has 2 heterocycles. The van der Waals surface area contributed by atoms with Crippen LogP contribution >= 0.6 is 0 Å². The number of amidine groups is 1. The molecule has 36 heavy (non-hydrogen) atoms. The Bertz CT molecular complexity index is 1160. The lowest BCUT2D eigenvalue weighted by Gasteiger charge is -2.48. The number of piperazine rings is 1. The third-order valence-corrected chi connectivity index (χ3v) is 7.01. The summed E-state index contributed by atoms with van der Waals surface area (Å²) in [5.74, 6) is -1.25. The molecule has 0 spiro atoms. The smallest absolute Gasteiger partial charge is 0.321 e. The molecule has 1 fully saturated rings. The van der Waals surface area contributed by atoms with Gasteiger partial charge < -0.3 is 26.2 Å². The van der Waals surface area contributed by atoms with Gasteiger partial charge in [-0.25, -0.2) is 9.79 Å². The van der Waals surface area contributed by atoms with E-state index in [4.69, 9.17) is 10.7 Å². The number of primary amides is 1. The van der Waals surface area contributed by atoms with Gasteiger partial charge in [-0.15, -0.1) is 0 Å². The van der Waals surface area contributed by atoms with Crippen LogP contribution in [0.1, 0.15) is 26.3 Å². The van der Waals surface area contributed by atoms with E-state index in [0.29, 0.717) is 24.6 Å². The Labute approximate surface area is 211 Å². The number of carbonyl (C=O) groups is 3. The van der Waals surface area contributed by atoms with Crippen molar-refractivity contribution in [2.75, 3.05) is 32.0 Å². The van der Waals surface area contributed by atoms with Gasteiger partial charge in [0.1, 0.15) is 5.84 Å². The minimum absolute atomic E-state index is 0.186. The SMILES string of the molecule is CNC(=O)C(C(C)(C)C)C1(C(N)=O)N=C(c2ccccc2)N2CCN(C(=O)Nc3ccccc3)CC21. The van der Waals surface area contributed by atoms with Crippen LogP contribution < -0.4 is 16.4 Å². The Morgan fingerprint density at radius 2 is 1.64 bits per heavy atom. The number of urea groups is 1. The lowest BCUT2D eigenvalue weighted by molar-refractivity contribution is -0.141. The lowest BCUT2D eigenvalue weighted by Crippen LogP contribution is -2.69. The average molecular weight is 491 g/mol. The molecule has 0 aliphatic carbocycles. The van der Waals surface area contributed by atoms with Gasteiger partial charge in [-0.1, -0.05) is 69.3 Å². The van der Waals surface area contributed by atoms with Gasteiger partial charge in [-0.05, 0) is 17.5 Å². The van der Waals surface area contributed by atoms with Crippen molar-refractivity contribution in [2.24, 2.45) is 22.1 Å². The minimum Gasteiger partial charge on any atom is -0.367 e. The number of anilines is 1. The number of nitrogens with zero attached hydrogens (tertiary/aromatic N) is 3. The number of carbonyl (C=O) groups excluding carboxylic acids is 3. The number of nitrogens with two attached hydrogens (primary N) is 1. The molecule has 2 aromatic rings. The zero-order chi connectivity index (χ0) is 26.1. The highest BCUT2D eigenvalue weighted by molar-refractivity contribution is 6.06. The van der Waals surface area contributed by atoms with E-state index in [9.17, 15) is 14.4 Å². The Morgan fingerprint density at radius 3 is 2.19 bits per heavy atom. The van der Waals surface area contributed by atoms with Gasteiger partial charge in [0.2, 0.25) is 11.8 Å². The van der Waals surface area contributed by atoms with Crippen LogP contribution in [-0.2, 0) is 9.59 Å². The van der Waals surface area contributed by atoms with E-state index in [0.717, 1.165) is 5.56 Å². The Balaban J connectivity index is 1.79. The number of para-hydroxylation sites is 1. The molecule has 0 bridgehead atoms. The van der Waals surface area contributed by atoms with E-state index in [-0.39, 0.29) is 18.5 Å². The van der Waals surface area contributed by atoms with Crippen molar-refractivity contribution < 1.29 is 14.4 Å². The van der Waals surface area contributed by atoms with Crippen LogP contribution in [0.3, 0.4) is 0 Å². The van der Waals surface area contributed by atoms with Crippen LogP contribution in [0, 0.1) is 11.3 Å². The largest absolute Gasteiger partial charge is 0.367 e. The summed E-state index contributed by atoms with van der Waals surface area (Å²) in [5, 5.41) is 5.64. The van der Waals surface area contributed by atoms with Crippen LogP contribution in [0.4, 0.5) is 10.5 Å². The molecule has 9 heteroatoms. The maximum Gasteiger partial charge on any atom is 0.321 e. The number of hydrogen-bond donors (Lipinski definition) is 3. The van der Waals surface area contributed by atoms with Crippen LogP contribution in [-0.4, -0.2) is 71.7 Å². The van der Waals surface area contributed by atoms with Gasteiger partial charge in [0.05, 0.1) is 12.0 Å². The summed E-state index contributed by atoms with van der Waals surface area (Å²) in [7, 11) is 1.55. The molecular weight excluding hydrogens is 456 g/mol. The van der Waals surface area contributed by atoms with Crippen LogP contribution in [0.2, 0.25) is 0 Å². The molecule has 1 saturated heterocycles. The molecule has 2 aliphatic rings. The monoisotopic (exact) mass is 490 g/mol. The van der Waals surface area contributed by atoms with Crippen LogP contribution in [0.15, 0.2) is 65.7 Å². The van der Waals surface area contributed by atoms with E-state index in [1.807, 2.05) is 86.3 Å². The third-order valence-electron chi connectivity index (χ3n) is 7.01. The second kappa shape index (κ2) is 9.64. The first kappa shape index (κ1) is 25.2. The van der Waals surface area contributed by atoms with Crippen LogP contribution in [0.5, 0.6) is 0 Å². The van der Waals surface area contributed by atoms with Crippen molar-refractivity contribution in [1.82, 2.24) is 15.1 Å². The van der Waals surface area contributed by atoms with Gasteiger partial charge in [-0.2, -0.15) is 0 Å². The number of hydrogen-bond acceptors (Lipinski definition) is 5. The topological polar surface area (TPSA) is 120 Å². The standard InChI is InChI=1S/C27H34N6O3/c1-26(2,3)21(23(34)29-4)27(24(28)35)20-17-32(25(36)30-19-13-9-6-10-14-19)15-16-33(20)22(31-27)18-11-7-5-8-12-18/h5-14,20-21H,15-17H2,1-4H3,(H2,28,35)(H,29,34)(H,30,36). The van der Waals surface area contributed by atoms with Crippen molar-refractivity contribution in [1.29, 1.82) is 0 Å². The third kappa shape index (κ3) is 4.41. The summed E-state index contributed by atoms with van der Waals surface area (Å²) in [5.41, 5.74) is 5.43. The summed E-state index contributed by atoms with van der Waals surface area (Å²) < 4.78 is 0. The first-order chi connectivity index (χ1) is 17.1. The van der Waals surface area contributed by atoms with Crippen molar-refractivity contribution in [2.45, 2.75) is 32.4 Å². The van der Waals surface area contributed by atoms with Gasteiger partial charge in [0.15, 0.2) is 5.54 Å². The highest BCUT2D eigenvalue weighted by Crippen LogP contribution is 2.46. The minimum atomic E-state index is -1.57. The molecule has 4 amide bonds. The maximum absolute atomic E-state index is 13.4. The number of nitrogens with one attached hydrogen (secondary N) is 2. The van der Waals surface area contributed by atoms with E-state index in [2.05, 4.69) is 10.6 Å². The second-order valence-corrected chi connectivity index (χ2v) is 10.4. The Morgan fingerprint density at radius 1 is 1.03 bits per heavy atom. The summed E-state index contributed by atoms with van der Waals surface area (Å²) in [4.78, 5) is 48.7. The van der Waals surface area contributed by atoms with Crippen molar-refractivity contribution in [3.63, 3.8) is 0 Å². The van der Waals surface area contributed by atoms with Gasteiger partial charge >= 0.3 is 6.03 Å². The first-order valence-electron chi connectivity index (χ1n) is 12.1.